The maximum atomic E-state index is 12.9. The fourth-order valence-electron chi connectivity index (χ4n) is 4.83. The molecule has 1 saturated carbocycles. The number of rotatable bonds is 3. The molecule has 142 valence electrons. The van der Waals surface area contributed by atoms with Gasteiger partial charge in [-0.3, -0.25) is 4.79 Å². The molecule has 1 amide bonds. The van der Waals surface area contributed by atoms with Crippen molar-refractivity contribution < 1.29 is 4.79 Å². The Hall–Kier alpha value is -0.0300. The van der Waals surface area contributed by atoms with Crippen LogP contribution in [0.5, 0.6) is 0 Å². The molecule has 1 N–H and O–H groups in total. The molecule has 2 aliphatic heterocycles. The van der Waals surface area contributed by atoms with E-state index in [2.05, 4.69) is 22.2 Å². The van der Waals surface area contributed by atoms with E-state index in [-0.39, 0.29) is 30.4 Å². The molecule has 0 atom stereocenters. The maximum absolute atomic E-state index is 12.9. The average Bonchev–Trinajstić information content (AvgIpc) is 2.54. The van der Waals surface area contributed by atoms with Crippen molar-refractivity contribution in [2.24, 2.45) is 5.92 Å². The van der Waals surface area contributed by atoms with Crippen LogP contribution in [-0.2, 0) is 4.79 Å². The summed E-state index contributed by atoms with van der Waals surface area (Å²) in [6.07, 6.45) is 10.8. The fourth-order valence-corrected chi connectivity index (χ4v) is 4.83. The zero-order valence-corrected chi connectivity index (χ0v) is 16.7. The van der Waals surface area contributed by atoms with Crippen LogP contribution in [0.15, 0.2) is 0 Å². The normalized spacial score (nSPS) is 25.0. The first kappa shape index (κ1) is 22.0. The standard InChI is InChI=1S/C18H33N3O.2ClH/c1-20-13-14-21(18(15-20)9-3-2-4-10-18)17(22)6-5-16-7-11-19-12-8-16;;/h16,19H,2-15H2,1H3;2*1H. The SMILES string of the molecule is CN1CCN(C(=O)CCC2CCNCC2)C2(CCCCC2)C1.Cl.Cl. The summed E-state index contributed by atoms with van der Waals surface area (Å²) in [5, 5.41) is 3.42. The minimum absolute atomic E-state index is 0. The molecule has 0 aromatic carbocycles. The van der Waals surface area contributed by atoms with Gasteiger partial charge >= 0.3 is 0 Å². The molecule has 0 bridgehead atoms. The van der Waals surface area contributed by atoms with Crippen molar-refractivity contribution in [3.8, 4) is 0 Å². The second-order valence-electron chi connectivity index (χ2n) is 7.80. The number of nitrogens with one attached hydrogen (secondary N) is 1. The highest BCUT2D eigenvalue weighted by atomic mass is 35.5. The maximum Gasteiger partial charge on any atom is 0.223 e. The zero-order chi connectivity index (χ0) is 15.4. The lowest BCUT2D eigenvalue weighted by atomic mass is 9.78. The van der Waals surface area contributed by atoms with Gasteiger partial charge in [-0.2, -0.15) is 0 Å². The molecule has 3 fully saturated rings. The Kier molecular flexibility index (Phi) is 9.35. The summed E-state index contributed by atoms with van der Waals surface area (Å²) in [6, 6.07) is 0. The van der Waals surface area contributed by atoms with Crippen LogP contribution in [0.3, 0.4) is 0 Å². The Morgan fingerprint density at radius 1 is 1.08 bits per heavy atom. The van der Waals surface area contributed by atoms with Crippen LogP contribution >= 0.6 is 24.8 Å². The van der Waals surface area contributed by atoms with E-state index >= 15 is 0 Å². The van der Waals surface area contributed by atoms with Gasteiger partial charge in [-0.05, 0) is 58.2 Å². The van der Waals surface area contributed by atoms with E-state index in [1.807, 2.05) is 0 Å². The number of halogens is 2. The Balaban J connectivity index is 0.00000144. The largest absolute Gasteiger partial charge is 0.334 e. The van der Waals surface area contributed by atoms with Crippen LogP contribution < -0.4 is 5.32 Å². The second-order valence-corrected chi connectivity index (χ2v) is 7.80. The van der Waals surface area contributed by atoms with E-state index in [0.29, 0.717) is 5.91 Å². The summed E-state index contributed by atoms with van der Waals surface area (Å²) in [6.45, 7) is 5.35. The summed E-state index contributed by atoms with van der Waals surface area (Å²) in [4.78, 5) is 17.6. The first-order valence-corrected chi connectivity index (χ1v) is 9.39. The van der Waals surface area contributed by atoms with E-state index in [1.165, 1.54) is 44.9 Å². The summed E-state index contributed by atoms with van der Waals surface area (Å²) in [7, 11) is 2.22. The van der Waals surface area contributed by atoms with Gasteiger partial charge < -0.3 is 15.1 Å². The molecule has 0 radical (unpaired) electrons. The number of carbonyl (C=O) groups is 1. The average molecular weight is 380 g/mol. The van der Waals surface area contributed by atoms with Crippen LogP contribution in [0.1, 0.15) is 57.8 Å². The highest BCUT2D eigenvalue weighted by Crippen LogP contribution is 2.37. The molecular formula is C18H35Cl2N3O. The van der Waals surface area contributed by atoms with Gasteiger partial charge in [-0.1, -0.05) is 19.3 Å². The molecule has 0 unspecified atom stereocenters. The lowest BCUT2D eigenvalue weighted by molar-refractivity contribution is -0.144. The van der Waals surface area contributed by atoms with Crippen LogP contribution in [0, 0.1) is 5.92 Å². The van der Waals surface area contributed by atoms with Crippen molar-refractivity contribution in [2.45, 2.75) is 63.3 Å². The molecule has 24 heavy (non-hydrogen) atoms. The van der Waals surface area contributed by atoms with Gasteiger partial charge in [0.2, 0.25) is 5.91 Å². The predicted molar refractivity (Wildman–Crippen MR) is 104 cm³/mol. The lowest BCUT2D eigenvalue weighted by Gasteiger charge is -2.52. The van der Waals surface area contributed by atoms with Gasteiger partial charge in [0, 0.05) is 26.1 Å². The Labute approximate surface area is 159 Å². The molecule has 6 heteroatoms. The third-order valence-electron chi connectivity index (χ3n) is 6.15. The van der Waals surface area contributed by atoms with Gasteiger partial charge in [-0.25, -0.2) is 0 Å². The third kappa shape index (κ3) is 5.23. The lowest BCUT2D eigenvalue weighted by Crippen LogP contribution is -2.63. The fraction of sp³-hybridized carbons (Fsp3) is 0.944. The molecule has 4 nitrogen and oxygen atoms in total. The minimum Gasteiger partial charge on any atom is -0.334 e. The van der Waals surface area contributed by atoms with Gasteiger partial charge in [0.15, 0.2) is 0 Å². The van der Waals surface area contributed by atoms with Crippen LogP contribution in [0.4, 0.5) is 0 Å². The highest BCUT2D eigenvalue weighted by Gasteiger charge is 2.43. The van der Waals surface area contributed by atoms with Gasteiger partial charge in [0.25, 0.3) is 0 Å². The molecule has 3 rings (SSSR count). The Morgan fingerprint density at radius 2 is 1.75 bits per heavy atom. The van der Waals surface area contributed by atoms with E-state index in [1.54, 1.807) is 0 Å². The topological polar surface area (TPSA) is 35.6 Å². The van der Waals surface area contributed by atoms with Crippen molar-refractivity contribution in [3.05, 3.63) is 0 Å². The van der Waals surface area contributed by atoms with Gasteiger partial charge in [0.1, 0.15) is 0 Å². The van der Waals surface area contributed by atoms with Crippen LogP contribution in [0.2, 0.25) is 0 Å². The van der Waals surface area contributed by atoms with Gasteiger partial charge in [0.05, 0.1) is 5.54 Å². The van der Waals surface area contributed by atoms with Crippen molar-refractivity contribution in [2.75, 3.05) is 39.8 Å². The van der Waals surface area contributed by atoms with Gasteiger partial charge in [-0.15, -0.1) is 24.8 Å². The number of amides is 1. The molecule has 0 aromatic heterocycles. The summed E-state index contributed by atoms with van der Waals surface area (Å²) in [5.74, 6) is 1.20. The summed E-state index contributed by atoms with van der Waals surface area (Å²) in [5.41, 5.74) is 0.163. The quantitative estimate of drug-likeness (QED) is 0.817. The van der Waals surface area contributed by atoms with E-state index < -0.39 is 0 Å². The second kappa shape index (κ2) is 10.2. The number of piperidine rings is 1. The molecule has 1 spiro atoms. The predicted octanol–water partition coefficient (Wildman–Crippen LogP) is 3.09. The van der Waals surface area contributed by atoms with Crippen molar-refractivity contribution >= 4 is 30.7 Å². The molecule has 0 aromatic rings. The molecule has 1 aliphatic carbocycles. The van der Waals surface area contributed by atoms with Crippen LogP contribution in [0.25, 0.3) is 0 Å². The Morgan fingerprint density at radius 3 is 2.42 bits per heavy atom. The minimum atomic E-state index is 0. The number of nitrogens with zero attached hydrogens (tertiary/aromatic N) is 2. The summed E-state index contributed by atoms with van der Waals surface area (Å²) < 4.78 is 0. The zero-order valence-electron chi connectivity index (χ0n) is 15.1. The third-order valence-corrected chi connectivity index (χ3v) is 6.15. The smallest absolute Gasteiger partial charge is 0.223 e. The van der Waals surface area contributed by atoms with Crippen molar-refractivity contribution in [3.63, 3.8) is 0 Å². The number of likely N-dealkylation sites (N-methyl/N-ethyl adjacent to an activating group) is 1. The van der Waals surface area contributed by atoms with E-state index in [0.717, 1.165) is 51.5 Å². The number of hydrogen-bond donors (Lipinski definition) is 1. The number of hydrogen-bond acceptors (Lipinski definition) is 3. The number of carbonyl (C=O) groups excluding carboxylic acids is 1. The first-order chi connectivity index (χ1) is 10.7. The molecule has 2 saturated heterocycles. The Bertz CT molecular complexity index is 382. The number of piperazine rings is 1. The molecule has 3 aliphatic rings. The highest BCUT2D eigenvalue weighted by molar-refractivity contribution is 5.85. The van der Waals surface area contributed by atoms with Crippen LogP contribution in [-0.4, -0.2) is 61.0 Å². The monoisotopic (exact) mass is 379 g/mol. The van der Waals surface area contributed by atoms with E-state index in [9.17, 15) is 4.79 Å². The van der Waals surface area contributed by atoms with Crippen molar-refractivity contribution in [1.29, 1.82) is 0 Å². The summed E-state index contributed by atoms with van der Waals surface area (Å²) >= 11 is 0. The van der Waals surface area contributed by atoms with Crippen molar-refractivity contribution in [1.82, 2.24) is 15.1 Å². The molecule has 2 heterocycles. The van der Waals surface area contributed by atoms with E-state index in [4.69, 9.17) is 0 Å². The molecular weight excluding hydrogens is 345 g/mol. The first-order valence-electron chi connectivity index (χ1n) is 9.39.